The van der Waals surface area contributed by atoms with E-state index in [4.69, 9.17) is 16.3 Å². The molecule has 1 fully saturated rings. The van der Waals surface area contributed by atoms with Crippen molar-refractivity contribution in [1.29, 1.82) is 0 Å². The fourth-order valence-corrected chi connectivity index (χ4v) is 4.05. The topological polar surface area (TPSA) is 57.0 Å². The third kappa shape index (κ3) is 5.87. The van der Waals surface area contributed by atoms with Crippen LogP contribution in [0.3, 0.4) is 0 Å². The summed E-state index contributed by atoms with van der Waals surface area (Å²) in [6.07, 6.45) is 4.81. The second kappa shape index (κ2) is 10.7. The zero-order valence-electron chi connectivity index (χ0n) is 18.4. The van der Waals surface area contributed by atoms with Crippen molar-refractivity contribution in [3.05, 3.63) is 82.1 Å². The maximum atomic E-state index is 14.6. The van der Waals surface area contributed by atoms with E-state index in [0.29, 0.717) is 53.9 Å². The van der Waals surface area contributed by atoms with Crippen LogP contribution in [0.2, 0.25) is 5.02 Å². The lowest BCUT2D eigenvalue weighted by Gasteiger charge is -2.15. The molecule has 0 saturated carbocycles. The first-order chi connectivity index (χ1) is 16.0. The summed E-state index contributed by atoms with van der Waals surface area (Å²) in [6, 6.07) is 10.9. The zero-order chi connectivity index (χ0) is 23.2. The molecule has 1 unspecified atom stereocenters. The molecule has 170 valence electrons. The number of halogens is 2. The number of benzene rings is 1. The minimum Gasteiger partial charge on any atom is -0.381 e. The molecular weight excluding hydrogens is 441 g/mol. The summed E-state index contributed by atoms with van der Waals surface area (Å²) in [5.41, 5.74) is 2.10. The number of nitrogens with zero attached hydrogens (tertiary/aromatic N) is 3. The first-order valence-electron chi connectivity index (χ1n) is 11.1. The second-order valence-corrected chi connectivity index (χ2v) is 8.73. The number of aryl methyl sites for hydroxylation is 1. The number of rotatable bonds is 7. The summed E-state index contributed by atoms with van der Waals surface area (Å²) in [7, 11) is 0. The van der Waals surface area contributed by atoms with Gasteiger partial charge in [-0.2, -0.15) is 5.10 Å². The summed E-state index contributed by atoms with van der Waals surface area (Å²) in [5.74, 6) is 5.39. The summed E-state index contributed by atoms with van der Waals surface area (Å²) >= 11 is 6.28. The minimum absolute atomic E-state index is 0.0952. The SMILES string of the molecule is CC(CCc1ncc(C#Cc2ccccc2)cc1F)C(=O)c1c(Cl)cnn1C[C@@H]1CCOC1. The van der Waals surface area contributed by atoms with Crippen LogP contribution < -0.4 is 0 Å². The number of hydrogen-bond acceptors (Lipinski definition) is 4. The first kappa shape index (κ1) is 23.2. The number of aromatic nitrogens is 3. The van der Waals surface area contributed by atoms with Crippen molar-refractivity contribution >= 4 is 17.4 Å². The van der Waals surface area contributed by atoms with E-state index >= 15 is 0 Å². The standard InChI is InChI=1S/C26H25ClFN3O2/c1-18(26(32)25-22(27)15-30-31(25)16-21-11-12-33-17-21)7-10-24-23(28)13-20(14-29-24)9-8-19-5-3-2-4-6-19/h2-6,13-15,18,21H,7,10-12,16-17H2,1H3/t18?,21-/m0/s1. The van der Waals surface area contributed by atoms with Crippen molar-refractivity contribution in [3.8, 4) is 11.8 Å². The third-order valence-corrected chi connectivity index (χ3v) is 6.06. The van der Waals surface area contributed by atoms with Crippen molar-refractivity contribution in [3.63, 3.8) is 0 Å². The van der Waals surface area contributed by atoms with Gasteiger partial charge in [0.05, 0.1) is 23.5 Å². The Kier molecular flexibility index (Phi) is 7.54. The van der Waals surface area contributed by atoms with Crippen LogP contribution in [0.15, 0.2) is 48.8 Å². The smallest absolute Gasteiger partial charge is 0.185 e. The molecule has 0 bridgehead atoms. The van der Waals surface area contributed by atoms with Crippen molar-refractivity contribution in [2.45, 2.75) is 32.7 Å². The molecule has 3 heterocycles. The van der Waals surface area contributed by atoms with E-state index < -0.39 is 5.82 Å². The van der Waals surface area contributed by atoms with E-state index in [1.807, 2.05) is 37.3 Å². The first-order valence-corrected chi connectivity index (χ1v) is 11.4. The molecule has 0 spiro atoms. The molecule has 7 heteroatoms. The van der Waals surface area contributed by atoms with Crippen molar-refractivity contribution < 1.29 is 13.9 Å². The predicted octanol–water partition coefficient (Wildman–Crippen LogP) is 4.96. The van der Waals surface area contributed by atoms with Crippen LogP contribution in [0.4, 0.5) is 4.39 Å². The van der Waals surface area contributed by atoms with Crippen LogP contribution in [-0.2, 0) is 17.7 Å². The Morgan fingerprint density at radius 2 is 2.06 bits per heavy atom. The van der Waals surface area contributed by atoms with Gasteiger partial charge in [-0.25, -0.2) is 4.39 Å². The number of Topliss-reactive ketones (excluding diaryl/α,β-unsaturated/α-hetero) is 1. The molecule has 3 aromatic rings. The van der Waals surface area contributed by atoms with Gasteiger partial charge >= 0.3 is 0 Å². The van der Waals surface area contributed by atoms with Gasteiger partial charge in [0.1, 0.15) is 11.5 Å². The molecule has 1 aliphatic heterocycles. The lowest BCUT2D eigenvalue weighted by Crippen LogP contribution is -2.21. The molecule has 1 aromatic carbocycles. The van der Waals surface area contributed by atoms with Crippen LogP contribution in [-0.4, -0.2) is 33.8 Å². The highest BCUT2D eigenvalue weighted by molar-refractivity contribution is 6.33. The van der Waals surface area contributed by atoms with Gasteiger partial charge in [0, 0.05) is 42.3 Å². The number of carbonyl (C=O) groups is 1. The van der Waals surface area contributed by atoms with Crippen LogP contribution in [0.1, 0.15) is 47.1 Å². The Morgan fingerprint density at radius 3 is 2.79 bits per heavy atom. The van der Waals surface area contributed by atoms with E-state index in [-0.39, 0.29) is 11.7 Å². The lowest BCUT2D eigenvalue weighted by atomic mass is 9.96. The fraction of sp³-hybridized carbons (Fsp3) is 0.346. The molecule has 2 aromatic heterocycles. The van der Waals surface area contributed by atoms with Crippen LogP contribution in [0.5, 0.6) is 0 Å². The fourth-order valence-electron chi connectivity index (χ4n) is 3.82. The second-order valence-electron chi connectivity index (χ2n) is 8.33. The maximum Gasteiger partial charge on any atom is 0.185 e. The van der Waals surface area contributed by atoms with Gasteiger partial charge in [-0.1, -0.05) is 48.6 Å². The summed E-state index contributed by atoms with van der Waals surface area (Å²) < 4.78 is 21.7. The van der Waals surface area contributed by atoms with E-state index in [1.54, 1.807) is 10.9 Å². The molecule has 0 amide bonds. The Morgan fingerprint density at radius 1 is 1.27 bits per heavy atom. The van der Waals surface area contributed by atoms with E-state index in [2.05, 4.69) is 21.9 Å². The van der Waals surface area contributed by atoms with Gasteiger partial charge in [-0.15, -0.1) is 0 Å². The average molecular weight is 466 g/mol. The normalized spacial score (nSPS) is 16.3. The van der Waals surface area contributed by atoms with Gasteiger partial charge in [-0.3, -0.25) is 14.5 Å². The Bertz CT molecular complexity index is 1180. The average Bonchev–Trinajstić information content (AvgIpc) is 3.47. The van der Waals surface area contributed by atoms with Crippen LogP contribution in [0, 0.1) is 29.5 Å². The van der Waals surface area contributed by atoms with E-state index in [1.165, 1.54) is 12.3 Å². The summed E-state index contributed by atoms with van der Waals surface area (Å²) in [4.78, 5) is 17.3. The molecule has 1 saturated heterocycles. The molecule has 4 rings (SSSR count). The van der Waals surface area contributed by atoms with Crippen LogP contribution >= 0.6 is 11.6 Å². The maximum absolute atomic E-state index is 14.6. The molecule has 0 N–H and O–H groups in total. The zero-order valence-corrected chi connectivity index (χ0v) is 19.2. The van der Waals surface area contributed by atoms with Gasteiger partial charge in [0.2, 0.25) is 0 Å². The quantitative estimate of drug-likeness (QED) is 0.365. The Balaban J connectivity index is 1.39. The highest BCUT2D eigenvalue weighted by Gasteiger charge is 2.26. The highest BCUT2D eigenvalue weighted by Crippen LogP contribution is 2.24. The third-order valence-electron chi connectivity index (χ3n) is 5.79. The minimum atomic E-state index is -0.418. The van der Waals surface area contributed by atoms with Crippen molar-refractivity contribution in [2.75, 3.05) is 13.2 Å². The Hall–Kier alpha value is -3.01. The molecular formula is C26H25ClFN3O2. The van der Waals surface area contributed by atoms with Crippen LogP contribution in [0.25, 0.3) is 0 Å². The Labute approximate surface area is 197 Å². The number of ether oxygens (including phenoxy) is 1. The molecule has 5 nitrogen and oxygen atoms in total. The molecule has 0 radical (unpaired) electrons. The van der Waals surface area contributed by atoms with Gasteiger partial charge < -0.3 is 4.74 Å². The van der Waals surface area contributed by atoms with E-state index in [0.717, 1.165) is 18.6 Å². The largest absolute Gasteiger partial charge is 0.381 e. The highest BCUT2D eigenvalue weighted by atomic mass is 35.5. The molecule has 1 aliphatic rings. The van der Waals surface area contributed by atoms with E-state index in [9.17, 15) is 9.18 Å². The summed E-state index contributed by atoms with van der Waals surface area (Å²) in [6.45, 7) is 3.82. The number of ketones is 1. The number of hydrogen-bond donors (Lipinski definition) is 0. The van der Waals surface area contributed by atoms with Crippen molar-refractivity contribution in [2.24, 2.45) is 11.8 Å². The molecule has 0 aliphatic carbocycles. The summed E-state index contributed by atoms with van der Waals surface area (Å²) in [5, 5.41) is 4.63. The number of carbonyl (C=O) groups excluding carboxylic acids is 1. The molecule has 33 heavy (non-hydrogen) atoms. The van der Waals surface area contributed by atoms with Gasteiger partial charge in [-0.05, 0) is 37.5 Å². The van der Waals surface area contributed by atoms with Crippen molar-refractivity contribution in [1.82, 2.24) is 14.8 Å². The lowest BCUT2D eigenvalue weighted by molar-refractivity contribution is 0.0911. The number of pyridine rings is 1. The van der Waals surface area contributed by atoms with Gasteiger partial charge in [0.15, 0.2) is 5.78 Å². The van der Waals surface area contributed by atoms with Gasteiger partial charge in [0.25, 0.3) is 0 Å². The monoisotopic (exact) mass is 465 g/mol. The molecule has 2 atom stereocenters. The predicted molar refractivity (Wildman–Crippen MR) is 125 cm³/mol.